The van der Waals surface area contributed by atoms with Gasteiger partial charge in [-0.3, -0.25) is 14.2 Å². The lowest BCUT2D eigenvalue weighted by atomic mass is 9.96. The molecule has 0 atom stereocenters. The van der Waals surface area contributed by atoms with Gasteiger partial charge in [-0.1, -0.05) is 0 Å². The fraction of sp³-hybridized carbons (Fsp3) is 0.500. The zero-order valence-corrected chi connectivity index (χ0v) is 14.7. The number of piperidine rings is 1. The van der Waals surface area contributed by atoms with Crippen molar-refractivity contribution < 1.29 is 18.0 Å². The first-order valence-electron chi connectivity index (χ1n) is 8.56. The second-order valence-corrected chi connectivity index (χ2v) is 6.67. The molecule has 3 rings (SSSR count). The van der Waals surface area contributed by atoms with Crippen LogP contribution in [-0.4, -0.2) is 33.4 Å². The molecule has 0 radical (unpaired) electrons. The van der Waals surface area contributed by atoms with Crippen LogP contribution >= 0.6 is 0 Å². The summed E-state index contributed by atoms with van der Waals surface area (Å²) in [6, 6.07) is 2.63. The van der Waals surface area contributed by atoms with Crippen LogP contribution in [0.25, 0.3) is 0 Å². The van der Waals surface area contributed by atoms with Crippen LogP contribution in [0.4, 0.5) is 8.78 Å². The van der Waals surface area contributed by atoms with Crippen LogP contribution in [0.15, 0.2) is 27.7 Å². The molecule has 0 unspecified atom stereocenters. The molecule has 2 aromatic rings. The zero-order valence-electron chi connectivity index (χ0n) is 14.7. The van der Waals surface area contributed by atoms with Crippen molar-refractivity contribution in [3.8, 4) is 0 Å². The van der Waals surface area contributed by atoms with Gasteiger partial charge in [-0.2, -0.15) is 0 Å². The standard InChI is InChI=1S/C18H21F2N3O3/c1-11-7-14(12(2)26-11)18(25)22-5-3-13(4-6-22)9-23-10-21-15(17(19)20)8-16(23)24/h7-8,10,13,17H,3-6,9H2,1-2H3. The summed E-state index contributed by atoms with van der Waals surface area (Å²) in [6.07, 6.45) is -0.0875. The van der Waals surface area contributed by atoms with Crippen LogP contribution in [0.5, 0.6) is 0 Å². The Hall–Kier alpha value is -2.51. The minimum Gasteiger partial charge on any atom is -0.466 e. The summed E-state index contributed by atoms with van der Waals surface area (Å²) in [6.45, 7) is 5.17. The fourth-order valence-electron chi connectivity index (χ4n) is 3.31. The Morgan fingerprint density at radius 3 is 2.54 bits per heavy atom. The molecule has 0 saturated carbocycles. The summed E-state index contributed by atoms with van der Waals surface area (Å²) in [5.74, 6) is 1.48. The summed E-state index contributed by atoms with van der Waals surface area (Å²) >= 11 is 0. The SMILES string of the molecule is Cc1cc(C(=O)N2CCC(Cn3cnc(C(F)F)cc3=O)CC2)c(C)o1. The maximum absolute atomic E-state index is 12.6. The van der Waals surface area contributed by atoms with E-state index in [1.807, 2.05) is 0 Å². The number of carbonyl (C=O) groups excluding carboxylic acids is 1. The Morgan fingerprint density at radius 1 is 1.31 bits per heavy atom. The first-order chi connectivity index (χ1) is 12.3. The Balaban J connectivity index is 1.60. The van der Waals surface area contributed by atoms with Crippen molar-refractivity contribution in [3.63, 3.8) is 0 Å². The van der Waals surface area contributed by atoms with E-state index in [9.17, 15) is 18.4 Å². The third-order valence-electron chi connectivity index (χ3n) is 4.75. The number of aryl methyl sites for hydroxylation is 2. The molecule has 8 heteroatoms. The number of hydrogen-bond acceptors (Lipinski definition) is 4. The van der Waals surface area contributed by atoms with Gasteiger partial charge in [0.05, 0.1) is 11.9 Å². The molecule has 0 aromatic carbocycles. The van der Waals surface area contributed by atoms with Crippen molar-refractivity contribution in [2.75, 3.05) is 13.1 Å². The lowest BCUT2D eigenvalue weighted by Crippen LogP contribution is -2.40. The van der Waals surface area contributed by atoms with Crippen LogP contribution in [0.3, 0.4) is 0 Å². The highest BCUT2D eigenvalue weighted by Gasteiger charge is 2.26. The van der Waals surface area contributed by atoms with Gasteiger partial charge in [-0.25, -0.2) is 13.8 Å². The smallest absolute Gasteiger partial charge is 0.280 e. The van der Waals surface area contributed by atoms with Gasteiger partial charge in [-0.15, -0.1) is 0 Å². The lowest BCUT2D eigenvalue weighted by molar-refractivity contribution is 0.0680. The van der Waals surface area contributed by atoms with Gasteiger partial charge in [0.2, 0.25) is 0 Å². The van der Waals surface area contributed by atoms with Gasteiger partial charge in [0.25, 0.3) is 17.9 Å². The monoisotopic (exact) mass is 365 g/mol. The highest BCUT2D eigenvalue weighted by atomic mass is 19.3. The fourth-order valence-corrected chi connectivity index (χ4v) is 3.31. The predicted octanol–water partition coefficient (Wildman–Crippen LogP) is 2.94. The van der Waals surface area contributed by atoms with Gasteiger partial charge in [0.1, 0.15) is 17.2 Å². The van der Waals surface area contributed by atoms with Gasteiger partial charge >= 0.3 is 0 Å². The summed E-state index contributed by atoms with van der Waals surface area (Å²) < 4.78 is 31.9. The van der Waals surface area contributed by atoms with Crippen LogP contribution in [0, 0.1) is 19.8 Å². The highest BCUT2D eigenvalue weighted by molar-refractivity contribution is 5.95. The van der Waals surface area contributed by atoms with Crippen LogP contribution in [0.1, 0.15) is 46.8 Å². The zero-order chi connectivity index (χ0) is 18.8. The Kier molecular flexibility index (Phi) is 5.20. The quantitative estimate of drug-likeness (QED) is 0.835. The number of hydrogen-bond donors (Lipinski definition) is 0. The number of rotatable bonds is 4. The number of likely N-dealkylation sites (tertiary alicyclic amines) is 1. The Morgan fingerprint density at radius 2 is 2.00 bits per heavy atom. The van der Waals surface area contributed by atoms with Crippen molar-refractivity contribution in [2.24, 2.45) is 5.92 Å². The average Bonchev–Trinajstić information content (AvgIpc) is 2.95. The molecule has 0 N–H and O–H groups in total. The number of aromatic nitrogens is 2. The summed E-state index contributed by atoms with van der Waals surface area (Å²) in [5.41, 5.74) is -0.389. The molecule has 1 amide bonds. The molecule has 0 bridgehead atoms. The molecule has 0 aliphatic carbocycles. The Bertz CT molecular complexity index is 852. The van der Waals surface area contributed by atoms with Gasteiger partial charge in [-0.05, 0) is 38.7 Å². The molecule has 0 spiro atoms. The lowest BCUT2D eigenvalue weighted by Gasteiger charge is -2.32. The number of amides is 1. The van der Waals surface area contributed by atoms with Crippen molar-refractivity contribution >= 4 is 5.91 Å². The van der Waals surface area contributed by atoms with E-state index >= 15 is 0 Å². The van der Waals surface area contributed by atoms with Crippen molar-refractivity contribution in [3.05, 3.63) is 51.6 Å². The molecule has 1 saturated heterocycles. The van der Waals surface area contributed by atoms with Crippen molar-refractivity contribution in [1.29, 1.82) is 0 Å². The minimum atomic E-state index is -2.75. The first-order valence-corrected chi connectivity index (χ1v) is 8.56. The molecule has 6 nitrogen and oxygen atoms in total. The maximum atomic E-state index is 12.6. The molecule has 1 aliphatic heterocycles. The summed E-state index contributed by atoms with van der Waals surface area (Å²) in [4.78, 5) is 29.9. The minimum absolute atomic E-state index is 0.0436. The molecule has 140 valence electrons. The molecule has 1 fully saturated rings. The molecule has 1 aliphatic rings. The van der Waals surface area contributed by atoms with Crippen LogP contribution in [-0.2, 0) is 6.54 Å². The average molecular weight is 365 g/mol. The van der Waals surface area contributed by atoms with E-state index in [1.165, 1.54) is 10.9 Å². The number of carbonyl (C=O) groups is 1. The topological polar surface area (TPSA) is 68.3 Å². The van der Waals surface area contributed by atoms with Crippen molar-refractivity contribution in [2.45, 2.75) is 39.7 Å². The van der Waals surface area contributed by atoms with Crippen LogP contribution in [0.2, 0.25) is 0 Å². The molecular formula is C18H21F2N3O3. The predicted molar refractivity (Wildman–Crippen MR) is 90.3 cm³/mol. The molecule has 26 heavy (non-hydrogen) atoms. The van der Waals surface area contributed by atoms with E-state index in [-0.39, 0.29) is 11.8 Å². The second kappa shape index (κ2) is 7.39. The number of furan rings is 1. The largest absolute Gasteiger partial charge is 0.466 e. The summed E-state index contributed by atoms with van der Waals surface area (Å²) in [5, 5.41) is 0. The molecular weight excluding hydrogens is 344 g/mol. The third kappa shape index (κ3) is 3.84. The van der Waals surface area contributed by atoms with Crippen LogP contribution < -0.4 is 5.56 Å². The van der Waals surface area contributed by atoms with E-state index in [1.54, 1.807) is 24.8 Å². The highest BCUT2D eigenvalue weighted by Crippen LogP contribution is 2.23. The number of alkyl halides is 2. The van der Waals surface area contributed by atoms with Gasteiger partial charge < -0.3 is 9.32 Å². The van der Waals surface area contributed by atoms with Gasteiger partial charge in [0.15, 0.2) is 0 Å². The third-order valence-corrected chi connectivity index (χ3v) is 4.75. The Labute approximate surface area is 149 Å². The van der Waals surface area contributed by atoms with E-state index in [2.05, 4.69) is 4.98 Å². The normalized spacial score (nSPS) is 15.7. The number of nitrogens with zero attached hydrogens (tertiary/aromatic N) is 3. The van der Waals surface area contributed by atoms with E-state index in [0.29, 0.717) is 36.7 Å². The van der Waals surface area contributed by atoms with Crippen molar-refractivity contribution in [1.82, 2.24) is 14.5 Å². The molecule has 2 aromatic heterocycles. The molecule has 3 heterocycles. The van der Waals surface area contributed by atoms with E-state index in [4.69, 9.17) is 4.42 Å². The maximum Gasteiger partial charge on any atom is 0.280 e. The van der Waals surface area contributed by atoms with E-state index in [0.717, 1.165) is 18.9 Å². The van der Waals surface area contributed by atoms with Gasteiger partial charge in [0, 0.05) is 25.7 Å². The second-order valence-electron chi connectivity index (χ2n) is 6.67. The first kappa shape index (κ1) is 18.3. The number of halogens is 2. The summed E-state index contributed by atoms with van der Waals surface area (Å²) in [7, 11) is 0. The van der Waals surface area contributed by atoms with E-state index < -0.39 is 17.7 Å².